The largest absolute Gasteiger partial charge is 0.390 e. The van der Waals surface area contributed by atoms with Gasteiger partial charge in [0.05, 0.1) is 6.42 Å². The maximum atomic E-state index is 12.8. The van der Waals surface area contributed by atoms with Gasteiger partial charge in [-0.3, -0.25) is 0 Å². The minimum absolute atomic E-state index is 0.508. The summed E-state index contributed by atoms with van der Waals surface area (Å²) in [5.74, 6) is 1.21. The first-order valence-corrected chi connectivity index (χ1v) is 7.79. The fourth-order valence-corrected chi connectivity index (χ4v) is 3.28. The van der Waals surface area contributed by atoms with Gasteiger partial charge in [0.1, 0.15) is 0 Å². The van der Waals surface area contributed by atoms with Crippen LogP contribution in [0.1, 0.15) is 50.6 Å². The van der Waals surface area contributed by atoms with E-state index >= 15 is 0 Å². The molecule has 2 rings (SSSR count). The summed E-state index contributed by atoms with van der Waals surface area (Å²) in [6.45, 7) is 2.91. The Hall–Kier alpha value is -1.03. The van der Waals surface area contributed by atoms with E-state index in [0.717, 1.165) is 18.4 Å². The van der Waals surface area contributed by atoms with Gasteiger partial charge in [0.2, 0.25) is 0 Å². The van der Waals surface area contributed by atoms with Crippen LogP contribution in [0.25, 0.3) is 0 Å². The zero-order valence-corrected chi connectivity index (χ0v) is 12.5. The molecule has 3 atom stereocenters. The number of halogens is 3. The lowest BCUT2D eigenvalue weighted by Gasteiger charge is -2.29. The van der Waals surface area contributed by atoms with Crippen molar-refractivity contribution in [2.45, 2.75) is 51.2 Å². The molecule has 0 saturated heterocycles. The first-order valence-electron chi connectivity index (χ1n) is 7.79. The standard InChI is InChI=1S/C17H24F3N/c1-13-6-5-7-14(10-13)12-21-16(11-17(18,19)20)15-8-3-2-4-9-15/h2-4,8-9,13-14,16,21H,5-7,10-12H2,1H3. The molecule has 1 aromatic carbocycles. The molecule has 3 unspecified atom stereocenters. The summed E-state index contributed by atoms with van der Waals surface area (Å²) in [5.41, 5.74) is 0.721. The van der Waals surface area contributed by atoms with Crippen LogP contribution < -0.4 is 5.32 Å². The SMILES string of the molecule is CC1CCCC(CNC(CC(F)(F)F)c2ccccc2)C1. The van der Waals surface area contributed by atoms with Gasteiger partial charge in [-0.25, -0.2) is 0 Å². The van der Waals surface area contributed by atoms with Crippen molar-refractivity contribution in [3.63, 3.8) is 0 Å². The van der Waals surface area contributed by atoms with Gasteiger partial charge in [0, 0.05) is 6.04 Å². The molecule has 1 nitrogen and oxygen atoms in total. The maximum absolute atomic E-state index is 12.8. The summed E-state index contributed by atoms with van der Waals surface area (Å²) in [5, 5.41) is 3.16. The normalized spacial score (nSPS) is 24.8. The Morgan fingerprint density at radius 2 is 1.90 bits per heavy atom. The number of nitrogens with one attached hydrogen (secondary N) is 1. The molecule has 1 fully saturated rings. The molecule has 1 aromatic rings. The van der Waals surface area contributed by atoms with Gasteiger partial charge in [0.25, 0.3) is 0 Å². The topological polar surface area (TPSA) is 12.0 Å². The van der Waals surface area contributed by atoms with Crippen LogP contribution in [0, 0.1) is 11.8 Å². The lowest BCUT2D eigenvalue weighted by Crippen LogP contribution is -2.32. The monoisotopic (exact) mass is 299 g/mol. The van der Waals surface area contributed by atoms with Crippen molar-refractivity contribution in [3.8, 4) is 0 Å². The lowest BCUT2D eigenvalue weighted by molar-refractivity contribution is -0.140. The quantitative estimate of drug-likeness (QED) is 0.798. The fourth-order valence-electron chi connectivity index (χ4n) is 3.28. The van der Waals surface area contributed by atoms with Crippen LogP contribution in [0.4, 0.5) is 13.2 Å². The van der Waals surface area contributed by atoms with Crippen LogP contribution in [0.15, 0.2) is 30.3 Å². The van der Waals surface area contributed by atoms with Crippen molar-refractivity contribution >= 4 is 0 Å². The van der Waals surface area contributed by atoms with Crippen LogP contribution in [0.5, 0.6) is 0 Å². The molecule has 0 bridgehead atoms. The lowest BCUT2D eigenvalue weighted by atomic mass is 9.82. The van der Waals surface area contributed by atoms with Crippen molar-refractivity contribution in [1.82, 2.24) is 5.32 Å². The minimum Gasteiger partial charge on any atom is -0.309 e. The molecule has 21 heavy (non-hydrogen) atoms. The fraction of sp³-hybridized carbons (Fsp3) is 0.647. The molecule has 1 N–H and O–H groups in total. The van der Waals surface area contributed by atoms with Crippen molar-refractivity contribution in [1.29, 1.82) is 0 Å². The molecule has 0 radical (unpaired) electrons. The summed E-state index contributed by atoms with van der Waals surface area (Å²) in [6.07, 6.45) is -0.248. The molecule has 1 saturated carbocycles. The van der Waals surface area contributed by atoms with E-state index in [-0.39, 0.29) is 0 Å². The Balaban J connectivity index is 1.96. The third-order valence-corrected chi connectivity index (χ3v) is 4.34. The summed E-state index contributed by atoms with van der Waals surface area (Å²) < 4.78 is 38.3. The predicted octanol–water partition coefficient (Wildman–Crippen LogP) is 5.10. The second-order valence-corrected chi connectivity index (χ2v) is 6.33. The second-order valence-electron chi connectivity index (χ2n) is 6.33. The van der Waals surface area contributed by atoms with Crippen LogP contribution in [-0.4, -0.2) is 12.7 Å². The molecule has 0 amide bonds. The summed E-state index contributed by atoms with van der Waals surface area (Å²) in [4.78, 5) is 0. The van der Waals surface area contributed by atoms with E-state index < -0.39 is 18.6 Å². The van der Waals surface area contributed by atoms with Gasteiger partial charge in [-0.1, -0.05) is 50.1 Å². The summed E-state index contributed by atoms with van der Waals surface area (Å²) in [7, 11) is 0. The highest BCUT2D eigenvalue weighted by molar-refractivity contribution is 5.19. The predicted molar refractivity (Wildman–Crippen MR) is 79.0 cm³/mol. The van der Waals surface area contributed by atoms with Gasteiger partial charge in [-0.05, 0) is 36.8 Å². The van der Waals surface area contributed by atoms with Crippen molar-refractivity contribution in [2.75, 3.05) is 6.54 Å². The third kappa shape index (κ3) is 5.70. The van der Waals surface area contributed by atoms with E-state index in [1.807, 2.05) is 6.07 Å². The highest BCUT2D eigenvalue weighted by Gasteiger charge is 2.33. The number of rotatable bonds is 5. The zero-order chi connectivity index (χ0) is 15.3. The van der Waals surface area contributed by atoms with E-state index in [9.17, 15) is 13.2 Å². The first kappa shape index (κ1) is 16.3. The molecule has 0 aromatic heterocycles. The molecule has 0 spiro atoms. The molecular weight excluding hydrogens is 275 g/mol. The molecule has 118 valence electrons. The number of hydrogen-bond acceptors (Lipinski definition) is 1. The summed E-state index contributed by atoms with van der Waals surface area (Å²) in [6, 6.07) is 8.33. The van der Waals surface area contributed by atoms with Gasteiger partial charge in [-0.15, -0.1) is 0 Å². The van der Waals surface area contributed by atoms with E-state index in [4.69, 9.17) is 0 Å². The van der Waals surface area contributed by atoms with E-state index in [1.54, 1.807) is 24.3 Å². The van der Waals surface area contributed by atoms with Crippen LogP contribution in [-0.2, 0) is 0 Å². The first-order chi connectivity index (χ1) is 9.94. The summed E-state index contributed by atoms with van der Waals surface area (Å²) >= 11 is 0. The minimum atomic E-state index is -4.15. The van der Waals surface area contributed by atoms with E-state index in [1.165, 1.54) is 12.8 Å². The Kier molecular flexibility index (Phi) is 5.68. The van der Waals surface area contributed by atoms with Crippen molar-refractivity contribution in [3.05, 3.63) is 35.9 Å². The number of alkyl halides is 3. The third-order valence-electron chi connectivity index (χ3n) is 4.34. The Morgan fingerprint density at radius 3 is 2.52 bits per heavy atom. The molecule has 1 aliphatic rings. The smallest absolute Gasteiger partial charge is 0.309 e. The highest BCUT2D eigenvalue weighted by Crippen LogP contribution is 2.31. The highest BCUT2D eigenvalue weighted by atomic mass is 19.4. The number of benzene rings is 1. The van der Waals surface area contributed by atoms with Gasteiger partial charge in [-0.2, -0.15) is 13.2 Å². The zero-order valence-electron chi connectivity index (χ0n) is 12.5. The van der Waals surface area contributed by atoms with Crippen LogP contribution in [0.2, 0.25) is 0 Å². The van der Waals surface area contributed by atoms with E-state index in [2.05, 4.69) is 12.2 Å². The van der Waals surface area contributed by atoms with Gasteiger partial charge >= 0.3 is 6.18 Å². The van der Waals surface area contributed by atoms with Crippen molar-refractivity contribution < 1.29 is 13.2 Å². The molecule has 0 heterocycles. The maximum Gasteiger partial charge on any atom is 0.390 e. The Labute approximate surface area is 124 Å². The average molecular weight is 299 g/mol. The average Bonchev–Trinajstić information content (AvgIpc) is 2.43. The van der Waals surface area contributed by atoms with Gasteiger partial charge in [0.15, 0.2) is 0 Å². The number of hydrogen-bond donors (Lipinski definition) is 1. The second kappa shape index (κ2) is 7.30. The molecule has 4 heteroatoms. The van der Waals surface area contributed by atoms with Crippen LogP contribution in [0.3, 0.4) is 0 Å². The Morgan fingerprint density at radius 1 is 1.19 bits per heavy atom. The molecule has 1 aliphatic carbocycles. The van der Waals surface area contributed by atoms with E-state index in [0.29, 0.717) is 18.4 Å². The van der Waals surface area contributed by atoms with Gasteiger partial charge < -0.3 is 5.32 Å². The van der Waals surface area contributed by atoms with Crippen molar-refractivity contribution in [2.24, 2.45) is 11.8 Å². The Bertz CT molecular complexity index is 416. The van der Waals surface area contributed by atoms with Crippen LogP contribution >= 0.6 is 0 Å². The molecule has 0 aliphatic heterocycles. The molecular formula is C17H24F3N.